The lowest BCUT2D eigenvalue weighted by Crippen LogP contribution is -2.60. The fourth-order valence-electron chi connectivity index (χ4n) is 10.3. The molecule has 19 amide bonds. The number of carboxylic acids is 1. The van der Waals surface area contributed by atoms with Crippen molar-refractivity contribution in [3.05, 3.63) is 48.0 Å². The predicted octanol–water partition coefficient (Wildman–Crippen LogP) is -9.26. The summed E-state index contributed by atoms with van der Waals surface area (Å²) in [5, 5.41) is 62.2. The SMILES string of the molecule is CC(=O)N[C@@H](CCCCN)C(=O)N[C@@H](C)C(=O)N[C@@H](C)C(=O)N[C@@H](C)C(=O)N[C@@H](C)C(=O)N[C@@H](C)C(=O)N[C@@H](C)C(=O)N[C@@H](CC(=O)O)C(=O)N[C@@H](C)C(=O)N[C@@H](C)C(=O)N[C@@H](Cc1c[nH]cn1)C(=O)N[C@@H](C)C(=O)N[C@@H](C)C(=O)N[C@@H](C)C(=O)N[C@@H](C)C(=O)N[C@@H](CCCCN)C(=O)NCC(=O)N[C@@H](Cc1ccc(O)cc1)C(N)=O. The summed E-state index contributed by atoms with van der Waals surface area (Å²) in [5.41, 5.74) is 17.4. The Balaban J connectivity index is 1.97. The molecule has 2 rings (SSSR count). The van der Waals surface area contributed by atoms with Crippen LogP contribution in [0.5, 0.6) is 5.75 Å². The second kappa shape index (κ2) is 49.9. The molecular weight excluding hydrogens is 1530 g/mol. The van der Waals surface area contributed by atoms with Crippen LogP contribution in [0.4, 0.5) is 0 Å². The monoisotopic (exact) mass is 1640 g/mol. The van der Waals surface area contributed by atoms with E-state index in [1.165, 1.54) is 113 Å². The third-order valence-corrected chi connectivity index (χ3v) is 17.3. The van der Waals surface area contributed by atoms with Crippen LogP contribution in [0.3, 0.4) is 0 Å². The van der Waals surface area contributed by atoms with Crippen LogP contribution in [0.15, 0.2) is 36.8 Å². The molecule has 27 N–H and O–H groups in total. The zero-order chi connectivity index (χ0) is 88.0. The molecule has 2 aromatic rings. The number of phenolic OH excluding ortho intramolecular Hbond substituents is 1. The summed E-state index contributed by atoms with van der Waals surface area (Å²) in [5.74, 6) is -18.3. The minimum atomic E-state index is -1.88. The average molecular weight is 1640 g/mol. The molecule has 0 saturated heterocycles. The van der Waals surface area contributed by atoms with Crippen LogP contribution < -0.4 is 113 Å². The summed E-state index contributed by atoms with van der Waals surface area (Å²) in [7, 11) is 0. The summed E-state index contributed by atoms with van der Waals surface area (Å²) >= 11 is 0. The first-order valence-corrected chi connectivity index (χ1v) is 37.4. The van der Waals surface area contributed by atoms with Gasteiger partial charge in [0.25, 0.3) is 0 Å². The van der Waals surface area contributed by atoms with E-state index in [1.807, 2.05) is 0 Å². The normalized spacial score (nSPS) is 15.3. The number of aromatic amines is 1. The van der Waals surface area contributed by atoms with Gasteiger partial charge in [0.2, 0.25) is 112 Å². The third-order valence-electron chi connectivity index (χ3n) is 17.3. The van der Waals surface area contributed by atoms with Gasteiger partial charge in [-0.1, -0.05) is 12.1 Å². The number of aromatic nitrogens is 2. The number of aliphatic carboxylic acids is 1. The molecule has 0 aliphatic carbocycles. The second-order valence-electron chi connectivity index (χ2n) is 27.7. The van der Waals surface area contributed by atoms with Crippen molar-refractivity contribution in [2.24, 2.45) is 17.2 Å². The Hall–Kier alpha value is -12.4. The number of amides is 19. The zero-order valence-electron chi connectivity index (χ0n) is 67.0. The number of carbonyl (C=O) groups excluding carboxylic acids is 19. The Morgan fingerprint density at radius 3 is 0.957 bits per heavy atom. The van der Waals surface area contributed by atoms with Gasteiger partial charge < -0.3 is 128 Å². The van der Waals surface area contributed by atoms with Gasteiger partial charge in [-0.15, -0.1) is 0 Å². The fraction of sp³-hybridized carbons (Fsp3) is 0.592. The molecule has 0 aliphatic rings. The van der Waals surface area contributed by atoms with E-state index >= 15 is 0 Å². The number of primary amides is 1. The van der Waals surface area contributed by atoms with Crippen LogP contribution in [0.25, 0.3) is 0 Å². The number of carboxylic acid groups (broad SMARTS) is 1. The largest absolute Gasteiger partial charge is 0.508 e. The minimum absolute atomic E-state index is 0.0185. The number of imidazole rings is 1. The first-order chi connectivity index (χ1) is 54.3. The Morgan fingerprint density at radius 1 is 0.362 bits per heavy atom. The van der Waals surface area contributed by atoms with E-state index in [-0.39, 0.29) is 43.7 Å². The van der Waals surface area contributed by atoms with Gasteiger partial charge in [0, 0.05) is 26.0 Å². The van der Waals surface area contributed by atoms with Crippen LogP contribution >= 0.6 is 0 Å². The van der Waals surface area contributed by atoms with Gasteiger partial charge in [0.05, 0.1) is 25.0 Å². The van der Waals surface area contributed by atoms with Gasteiger partial charge in [-0.2, -0.15) is 0 Å². The van der Waals surface area contributed by atoms with Gasteiger partial charge in [-0.25, -0.2) is 4.98 Å². The number of rotatable bonds is 50. The molecule has 45 heteroatoms. The maximum absolute atomic E-state index is 13.8. The van der Waals surface area contributed by atoms with Gasteiger partial charge in [0.15, 0.2) is 0 Å². The van der Waals surface area contributed by atoms with Gasteiger partial charge in [-0.05, 0) is 152 Å². The number of nitrogens with zero attached hydrogens (tertiary/aromatic N) is 1. The number of phenols is 1. The van der Waals surface area contributed by atoms with Crippen molar-refractivity contribution in [1.29, 1.82) is 0 Å². The van der Waals surface area contributed by atoms with Crippen LogP contribution in [-0.4, -0.2) is 261 Å². The lowest BCUT2D eigenvalue weighted by atomic mass is 10.1. The van der Waals surface area contributed by atoms with Crippen LogP contribution in [-0.2, 0) is 109 Å². The number of aromatic hydroxyl groups is 1. The van der Waals surface area contributed by atoms with Crippen molar-refractivity contribution >= 4 is 118 Å². The molecule has 0 spiro atoms. The van der Waals surface area contributed by atoms with Crippen molar-refractivity contribution in [2.45, 2.75) is 251 Å². The minimum Gasteiger partial charge on any atom is -0.508 e. The summed E-state index contributed by atoms with van der Waals surface area (Å²) in [6.07, 6.45) is 3.58. The number of carbonyl (C=O) groups is 20. The molecule has 1 aromatic carbocycles. The standard InChI is InChI=1S/C71H113N23O22/c1-32(79-58(103)34(3)82-62(107)38(7)87-69(114)49(90-44(13)95)19-15-17-25-73)56(101)78-33(2)57(102)81-37(6)61(106)85-43(12)67(112)94-52(28-54(98)99)71(116)89-40(9)64(109)86-42(11)66(111)93-51(27-46-29-75-31-77-46)70(115)88-39(8)63(108)83-35(4)59(104)80-36(5)60(105)84-41(10)65(110)92-48(18-14-16-24-72)68(113)76-30-53(97)91-50(55(74)100)26-45-20-22-47(96)23-21-45/h20-23,29,31-43,48-52,96H,14-19,24-28,30,72-73H2,1-13H3,(H2,74,100)(H,75,77)(H,76,113)(H,78,101)(H,79,103)(H,80,104)(H,81,102)(H,82,107)(H,83,108)(H,84,105)(H,85,106)(H,86,109)(H,87,114)(H,88,115)(H,89,116)(H,90,95)(H,91,97)(H,92,110)(H,93,111)(H,94,112)(H,98,99)/t32-,33-,34-,35-,36-,37-,38-,39-,40-,41-,42-,43-,48-,49-,50-,51-,52-/m0/s1. The molecule has 0 fully saturated rings. The van der Waals surface area contributed by atoms with Crippen molar-refractivity contribution in [1.82, 2.24) is 106 Å². The summed E-state index contributed by atoms with van der Waals surface area (Å²) < 4.78 is 0. The second-order valence-corrected chi connectivity index (χ2v) is 27.7. The molecule has 1 heterocycles. The highest BCUT2D eigenvalue weighted by Crippen LogP contribution is 2.12. The molecule has 0 bridgehead atoms. The molecule has 644 valence electrons. The van der Waals surface area contributed by atoms with Crippen molar-refractivity contribution < 1.29 is 106 Å². The van der Waals surface area contributed by atoms with Gasteiger partial charge >= 0.3 is 5.97 Å². The van der Waals surface area contributed by atoms with Gasteiger partial charge in [0.1, 0.15) is 108 Å². The van der Waals surface area contributed by atoms with Crippen molar-refractivity contribution in [3.8, 4) is 5.75 Å². The van der Waals surface area contributed by atoms with E-state index in [2.05, 4.69) is 106 Å². The van der Waals surface area contributed by atoms with Crippen LogP contribution in [0.2, 0.25) is 0 Å². The number of unbranched alkanes of at least 4 members (excludes halogenated alkanes) is 2. The number of benzene rings is 1. The molecular formula is C71H113N23O22. The van der Waals surface area contributed by atoms with Crippen molar-refractivity contribution in [3.63, 3.8) is 0 Å². The highest BCUT2D eigenvalue weighted by molar-refractivity contribution is 6.01. The Labute approximate surface area is 668 Å². The summed E-state index contributed by atoms with van der Waals surface area (Å²) in [6, 6.07) is -17.2. The van der Waals surface area contributed by atoms with E-state index in [4.69, 9.17) is 17.2 Å². The van der Waals surface area contributed by atoms with Crippen LogP contribution in [0.1, 0.15) is 146 Å². The number of nitrogens with two attached hydrogens (primary N) is 3. The van der Waals surface area contributed by atoms with E-state index in [0.29, 0.717) is 37.8 Å². The maximum atomic E-state index is 13.8. The maximum Gasteiger partial charge on any atom is 0.305 e. The highest BCUT2D eigenvalue weighted by atomic mass is 16.4. The summed E-state index contributed by atoms with van der Waals surface area (Å²) in [6.45, 7) is 16.2. The average Bonchev–Trinajstić information content (AvgIpc) is 1.26. The predicted molar refractivity (Wildman–Crippen MR) is 411 cm³/mol. The third kappa shape index (κ3) is 36.6. The zero-order valence-corrected chi connectivity index (χ0v) is 67.0. The van der Waals surface area contributed by atoms with Crippen molar-refractivity contribution in [2.75, 3.05) is 19.6 Å². The van der Waals surface area contributed by atoms with E-state index in [9.17, 15) is 106 Å². The number of H-pyrrole nitrogens is 1. The first-order valence-electron chi connectivity index (χ1n) is 37.4. The smallest absolute Gasteiger partial charge is 0.305 e. The molecule has 0 aliphatic heterocycles. The molecule has 0 radical (unpaired) electrons. The van der Waals surface area contributed by atoms with Crippen LogP contribution in [0, 0.1) is 0 Å². The van der Waals surface area contributed by atoms with E-state index < -0.39 is 234 Å². The molecule has 116 heavy (non-hydrogen) atoms. The topological polar surface area (TPSA) is 705 Å². The Bertz CT molecular complexity index is 3790. The molecule has 45 nitrogen and oxygen atoms in total. The van der Waals surface area contributed by atoms with E-state index in [0.717, 1.165) is 13.8 Å². The van der Waals surface area contributed by atoms with Gasteiger partial charge in [-0.3, -0.25) is 95.9 Å². The first kappa shape index (κ1) is 99.6. The lowest BCUT2D eigenvalue weighted by Gasteiger charge is -2.25. The molecule has 1 aromatic heterocycles. The lowest BCUT2D eigenvalue weighted by molar-refractivity contribution is -0.141. The fourth-order valence-corrected chi connectivity index (χ4v) is 10.3. The number of hydrogen-bond acceptors (Lipinski definition) is 24. The number of hydrogen-bond donors (Lipinski definition) is 24. The summed E-state index contributed by atoms with van der Waals surface area (Å²) in [4.78, 5) is 268. The molecule has 0 saturated carbocycles. The quantitative estimate of drug-likeness (QED) is 0.0274. The molecule has 0 unspecified atom stereocenters. The Morgan fingerprint density at radius 2 is 0.655 bits per heavy atom. The highest BCUT2D eigenvalue weighted by Gasteiger charge is 2.36. The Kier molecular flexibility index (Phi) is 42.9. The molecule has 17 atom stereocenters. The van der Waals surface area contributed by atoms with E-state index in [1.54, 1.807) is 0 Å². The number of nitrogens with one attached hydrogen (secondary N) is 19.